The first-order valence-corrected chi connectivity index (χ1v) is 9.34. The molecular weight excluding hydrogens is 348 g/mol. The van der Waals surface area contributed by atoms with Gasteiger partial charge in [0.1, 0.15) is 5.75 Å². The molecule has 4 aromatic rings. The number of H-pyrrole nitrogens is 1. The van der Waals surface area contributed by atoms with Crippen LogP contribution in [0.1, 0.15) is 18.1 Å². The zero-order chi connectivity index (χ0) is 19.5. The van der Waals surface area contributed by atoms with E-state index in [0.29, 0.717) is 0 Å². The average molecular weight is 370 g/mol. The lowest BCUT2D eigenvalue weighted by Crippen LogP contribution is -2.07. The number of nitrogens with one attached hydrogen (secondary N) is 2. The number of amides is 1. The number of aromatic amines is 1. The molecule has 4 heteroatoms. The van der Waals surface area contributed by atoms with Crippen molar-refractivity contribution in [3.05, 3.63) is 77.9 Å². The number of aryl methyl sites for hydroxylation is 1. The molecule has 4 nitrogen and oxygen atoms in total. The molecule has 0 saturated heterocycles. The molecule has 1 amide bonds. The molecule has 4 rings (SSSR count). The lowest BCUT2D eigenvalue weighted by atomic mass is 10.1. The van der Waals surface area contributed by atoms with Gasteiger partial charge in [-0.25, -0.2) is 0 Å². The Balaban J connectivity index is 1.56. The Morgan fingerprint density at radius 1 is 1.07 bits per heavy atom. The molecule has 28 heavy (non-hydrogen) atoms. The summed E-state index contributed by atoms with van der Waals surface area (Å²) in [6.07, 6.45) is 4.27. The summed E-state index contributed by atoms with van der Waals surface area (Å²) in [6, 6.07) is 19.9. The van der Waals surface area contributed by atoms with Crippen molar-refractivity contribution in [2.24, 2.45) is 0 Å². The highest BCUT2D eigenvalue weighted by Gasteiger charge is 2.08. The largest absolute Gasteiger partial charge is 0.497 e. The number of anilines is 1. The van der Waals surface area contributed by atoms with Crippen LogP contribution >= 0.6 is 0 Å². The number of ether oxygens (including phenoxy) is 1. The van der Waals surface area contributed by atoms with Crippen LogP contribution in [0.3, 0.4) is 0 Å². The molecular formula is C24H22N2O2. The maximum Gasteiger partial charge on any atom is 0.248 e. The summed E-state index contributed by atoms with van der Waals surface area (Å²) in [7, 11) is 1.62. The van der Waals surface area contributed by atoms with E-state index in [1.54, 1.807) is 13.2 Å². The van der Waals surface area contributed by atoms with Crippen LogP contribution in [0.15, 0.2) is 66.7 Å². The minimum Gasteiger partial charge on any atom is -0.497 e. The van der Waals surface area contributed by atoms with Crippen LogP contribution in [0.5, 0.6) is 5.75 Å². The molecule has 2 N–H and O–H groups in total. The third-order valence-electron chi connectivity index (χ3n) is 4.89. The molecule has 0 atom stereocenters. The summed E-state index contributed by atoms with van der Waals surface area (Å²) >= 11 is 0. The Hall–Kier alpha value is -3.53. The van der Waals surface area contributed by atoms with E-state index in [-0.39, 0.29) is 5.91 Å². The van der Waals surface area contributed by atoms with Gasteiger partial charge in [-0.15, -0.1) is 0 Å². The third kappa shape index (κ3) is 3.49. The fourth-order valence-corrected chi connectivity index (χ4v) is 3.46. The second-order valence-electron chi connectivity index (χ2n) is 6.68. The van der Waals surface area contributed by atoms with Crippen molar-refractivity contribution < 1.29 is 9.53 Å². The fourth-order valence-electron chi connectivity index (χ4n) is 3.46. The molecule has 0 fully saturated rings. The van der Waals surface area contributed by atoms with Crippen molar-refractivity contribution in [2.45, 2.75) is 13.3 Å². The quantitative estimate of drug-likeness (QED) is 0.453. The van der Waals surface area contributed by atoms with E-state index in [2.05, 4.69) is 41.5 Å². The van der Waals surface area contributed by atoms with Crippen LogP contribution in [0.2, 0.25) is 0 Å². The van der Waals surface area contributed by atoms with Gasteiger partial charge in [0.2, 0.25) is 5.91 Å². The van der Waals surface area contributed by atoms with Crippen LogP contribution in [0.25, 0.3) is 27.9 Å². The van der Waals surface area contributed by atoms with Crippen LogP contribution < -0.4 is 10.1 Å². The Morgan fingerprint density at radius 2 is 1.93 bits per heavy atom. The van der Waals surface area contributed by atoms with Gasteiger partial charge in [0, 0.05) is 33.6 Å². The van der Waals surface area contributed by atoms with Crippen molar-refractivity contribution in [3.63, 3.8) is 0 Å². The molecule has 140 valence electrons. The van der Waals surface area contributed by atoms with Crippen LogP contribution in [0.4, 0.5) is 5.69 Å². The van der Waals surface area contributed by atoms with Gasteiger partial charge < -0.3 is 15.0 Å². The highest BCUT2D eigenvalue weighted by molar-refractivity contribution is 6.10. The van der Waals surface area contributed by atoms with Gasteiger partial charge >= 0.3 is 0 Å². The molecule has 0 saturated carbocycles. The highest BCUT2D eigenvalue weighted by atomic mass is 16.5. The zero-order valence-electron chi connectivity index (χ0n) is 16.0. The van der Waals surface area contributed by atoms with Crippen molar-refractivity contribution in [3.8, 4) is 5.75 Å². The highest BCUT2D eigenvalue weighted by Crippen LogP contribution is 2.29. The maximum atomic E-state index is 12.3. The van der Waals surface area contributed by atoms with Crippen LogP contribution in [0, 0.1) is 0 Å². The lowest BCUT2D eigenvalue weighted by Gasteiger charge is -2.03. The number of carbonyl (C=O) groups excluding carboxylic acids is 1. The molecule has 0 spiro atoms. The monoisotopic (exact) mass is 370 g/mol. The molecule has 0 bridgehead atoms. The maximum absolute atomic E-state index is 12.3. The average Bonchev–Trinajstić information content (AvgIpc) is 3.10. The standard InChI is InChI=1S/C24H22N2O2/c1-3-17-7-5-9-21-20-12-11-18(15-22(20)26-24(17)21)25-23(27)13-10-16-6-4-8-19(14-16)28-2/h4-15,26H,3H2,1-2H3,(H,25,27)/b13-10+. The summed E-state index contributed by atoms with van der Waals surface area (Å²) < 4.78 is 5.20. The zero-order valence-corrected chi connectivity index (χ0v) is 16.0. The van der Waals surface area contributed by atoms with Crippen molar-refractivity contribution in [2.75, 3.05) is 12.4 Å². The fraction of sp³-hybridized carbons (Fsp3) is 0.125. The predicted octanol–water partition coefficient (Wildman–Crippen LogP) is 5.54. The summed E-state index contributed by atoms with van der Waals surface area (Å²) in [4.78, 5) is 15.8. The Bertz CT molecular complexity index is 1190. The number of rotatable bonds is 5. The van der Waals surface area contributed by atoms with E-state index >= 15 is 0 Å². The van der Waals surface area contributed by atoms with Crippen LogP contribution in [-0.2, 0) is 11.2 Å². The number of para-hydroxylation sites is 1. The number of benzene rings is 3. The molecule has 1 aromatic heterocycles. The first kappa shape index (κ1) is 17.9. The van der Waals surface area contributed by atoms with Gasteiger partial charge in [-0.3, -0.25) is 4.79 Å². The molecule has 0 aliphatic rings. The van der Waals surface area contributed by atoms with Gasteiger partial charge in [-0.05, 0) is 47.9 Å². The molecule has 0 aliphatic carbocycles. The van der Waals surface area contributed by atoms with Gasteiger partial charge in [0.25, 0.3) is 0 Å². The Labute approximate surface area is 163 Å². The van der Waals surface area contributed by atoms with E-state index in [4.69, 9.17) is 4.74 Å². The third-order valence-corrected chi connectivity index (χ3v) is 4.89. The first-order valence-electron chi connectivity index (χ1n) is 9.34. The van der Waals surface area contributed by atoms with Gasteiger partial charge in [0.15, 0.2) is 0 Å². The molecule has 1 heterocycles. The number of methoxy groups -OCH3 is 1. The number of hydrogen-bond acceptors (Lipinski definition) is 2. The smallest absolute Gasteiger partial charge is 0.248 e. The Morgan fingerprint density at radius 3 is 2.75 bits per heavy atom. The summed E-state index contributed by atoms with van der Waals surface area (Å²) in [5, 5.41) is 5.30. The predicted molar refractivity (Wildman–Crippen MR) is 116 cm³/mol. The topological polar surface area (TPSA) is 54.1 Å². The molecule has 3 aromatic carbocycles. The van der Waals surface area contributed by atoms with Gasteiger partial charge in [-0.1, -0.05) is 43.3 Å². The van der Waals surface area contributed by atoms with Crippen molar-refractivity contribution in [1.82, 2.24) is 4.98 Å². The SMILES string of the molecule is CCc1cccc2c1[nH]c1cc(NC(=O)/C=C/c3cccc(OC)c3)ccc12. The molecule has 0 unspecified atom stereocenters. The minimum absolute atomic E-state index is 0.174. The number of fused-ring (bicyclic) bond motifs is 3. The second kappa shape index (κ2) is 7.61. The van der Waals surface area contributed by atoms with E-state index < -0.39 is 0 Å². The second-order valence-corrected chi connectivity index (χ2v) is 6.68. The van der Waals surface area contributed by atoms with Crippen LogP contribution in [-0.4, -0.2) is 18.0 Å². The number of hydrogen-bond donors (Lipinski definition) is 2. The van der Waals surface area contributed by atoms with E-state index in [1.807, 2.05) is 36.4 Å². The molecule has 0 aliphatic heterocycles. The number of aromatic nitrogens is 1. The molecule has 0 radical (unpaired) electrons. The van der Waals surface area contributed by atoms with Gasteiger partial charge in [0.05, 0.1) is 7.11 Å². The van der Waals surface area contributed by atoms with E-state index in [0.717, 1.165) is 34.3 Å². The number of carbonyl (C=O) groups is 1. The summed E-state index contributed by atoms with van der Waals surface area (Å²) in [5.74, 6) is 0.589. The summed E-state index contributed by atoms with van der Waals surface area (Å²) in [5.41, 5.74) is 5.15. The minimum atomic E-state index is -0.174. The lowest BCUT2D eigenvalue weighted by molar-refractivity contribution is -0.111. The summed E-state index contributed by atoms with van der Waals surface area (Å²) in [6.45, 7) is 2.15. The van der Waals surface area contributed by atoms with Crippen molar-refractivity contribution >= 4 is 39.5 Å². The Kier molecular flexibility index (Phi) is 4.85. The first-order chi connectivity index (χ1) is 13.7. The van der Waals surface area contributed by atoms with Gasteiger partial charge in [-0.2, -0.15) is 0 Å². The normalized spacial score (nSPS) is 11.4. The van der Waals surface area contributed by atoms with E-state index in [9.17, 15) is 4.79 Å². The van der Waals surface area contributed by atoms with Crippen molar-refractivity contribution in [1.29, 1.82) is 0 Å². The van der Waals surface area contributed by atoms with E-state index in [1.165, 1.54) is 22.5 Å².